The summed E-state index contributed by atoms with van der Waals surface area (Å²) in [5.74, 6) is 1.48. The highest BCUT2D eigenvalue weighted by atomic mass is 31.3. The maximum Gasteiger partial charge on any atom is 0.267 e. The molecule has 0 saturated carbocycles. The standard InChI is InChI=1S/C30H46N9O6P3/c1-3-7-29-27(5-1)31-46(32-28-6-2-4-8-30(28)45-26-25-44-29)33-47(36-9-17-40-18-10-36,37-11-19-41-20-12-37)35-48(34-46,38-13-21-42-22-14-38)39-15-23-43-24-16-39/h1-8,31-32H,9-26H2. The van der Waals surface area contributed by atoms with Crippen LogP contribution in [0.4, 0.5) is 11.4 Å². The summed E-state index contributed by atoms with van der Waals surface area (Å²) >= 11 is 0. The van der Waals surface area contributed by atoms with Gasteiger partial charge in [0.2, 0.25) is 15.0 Å². The molecule has 0 radical (unpaired) electrons. The van der Waals surface area contributed by atoms with E-state index in [1.165, 1.54) is 0 Å². The number of anilines is 2. The molecule has 0 aliphatic carbocycles. The van der Waals surface area contributed by atoms with Crippen molar-refractivity contribution in [2.75, 3.05) is 129 Å². The van der Waals surface area contributed by atoms with Gasteiger partial charge in [0, 0.05) is 52.4 Å². The molecule has 4 fully saturated rings. The van der Waals surface area contributed by atoms with E-state index in [9.17, 15) is 0 Å². The van der Waals surface area contributed by atoms with Crippen LogP contribution in [0.1, 0.15) is 0 Å². The predicted molar refractivity (Wildman–Crippen MR) is 189 cm³/mol. The van der Waals surface area contributed by atoms with Crippen LogP contribution in [0.3, 0.4) is 0 Å². The van der Waals surface area contributed by atoms with Crippen LogP contribution in [0, 0.1) is 0 Å². The van der Waals surface area contributed by atoms with Gasteiger partial charge in [-0.05, 0) is 24.3 Å². The van der Waals surface area contributed by atoms with Gasteiger partial charge in [0.1, 0.15) is 24.7 Å². The molecule has 4 saturated heterocycles. The summed E-state index contributed by atoms with van der Waals surface area (Å²) in [7, 11) is -8.80. The largest absolute Gasteiger partial charge is 0.488 e. The molecule has 6 aliphatic heterocycles. The molecule has 0 bridgehead atoms. The van der Waals surface area contributed by atoms with E-state index >= 15 is 0 Å². The molecule has 0 aromatic heterocycles. The quantitative estimate of drug-likeness (QED) is 0.405. The number of nitrogens with one attached hydrogen (secondary N) is 2. The number of ether oxygens (including phenoxy) is 6. The fraction of sp³-hybridized carbons (Fsp3) is 0.600. The zero-order chi connectivity index (χ0) is 32.3. The summed E-state index contributed by atoms with van der Waals surface area (Å²) in [5, 5.41) is 7.93. The maximum atomic E-state index is 6.34. The Hall–Kier alpha value is -1.99. The fourth-order valence-electron chi connectivity index (χ4n) is 6.79. The predicted octanol–water partition coefficient (Wildman–Crippen LogP) is 5.16. The second-order valence-corrected chi connectivity index (χ2v) is 20.3. The minimum atomic E-state index is -3.13. The van der Waals surface area contributed by atoms with Crippen molar-refractivity contribution in [2.24, 2.45) is 13.5 Å². The Bertz CT molecular complexity index is 1470. The van der Waals surface area contributed by atoms with Crippen LogP contribution in [0.25, 0.3) is 0 Å². The molecule has 8 rings (SSSR count). The second kappa shape index (κ2) is 14.7. The van der Waals surface area contributed by atoms with Crippen molar-refractivity contribution < 1.29 is 28.4 Å². The molecule has 0 atom stereocenters. The summed E-state index contributed by atoms with van der Waals surface area (Å²) in [6, 6.07) is 16.2. The van der Waals surface area contributed by atoms with Crippen LogP contribution in [-0.2, 0) is 18.9 Å². The Morgan fingerprint density at radius 3 is 1.19 bits per heavy atom. The molecular formula is C30H46N9O6P3. The minimum absolute atomic E-state index is 0.402. The van der Waals surface area contributed by atoms with E-state index in [1.54, 1.807) is 0 Å². The molecule has 0 unspecified atom stereocenters. The summed E-state index contributed by atoms with van der Waals surface area (Å²) in [6.45, 7) is 11.8. The number of fused-ring (bicyclic) bond motifs is 2. The number of hydrogen-bond donors (Lipinski definition) is 2. The molecule has 2 aromatic rings. The van der Waals surface area contributed by atoms with Crippen molar-refractivity contribution in [2.45, 2.75) is 0 Å². The van der Waals surface area contributed by atoms with Gasteiger partial charge < -0.3 is 38.6 Å². The number of nitrogens with zero attached hydrogens (tertiary/aromatic N) is 7. The van der Waals surface area contributed by atoms with E-state index < -0.39 is 22.5 Å². The van der Waals surface area contributed by atoms with Gasteiger partial charge in [0.15, 0.2) is 0 Å². The van der Waals surface area contributed by atoms with Crippen molar-refractivity contribution in [3.05, 3.63) is 48.5 Å². The van der Waals surface area contributed by atoms with E-state index in [0.717, 1.165) is 75.2 Å². The lowest BCUT2D eigenvalue weighted by Gasteiger charge is -2.51. The van der Waals surface area contributed by atoms with E-state index in [4.69, 9.17) is 42.0 Å². The normalized spacial score (nSPS) is 26.7. The van der Waals surface area contributed by atoms with Gasteiger partial charge in [-0.25, -0.2) is 18.7 Å². The first-order chi connectivity index (χ1) is 23.7. The second-order valence-electron chi connectivity index (χ2n) is 12.1. The average molecular weight is 722 g/mol. The third-order valence-corrected chi connectivity index (χ3v) is 20.8. The third kappa shape index (κ3) is 6.61. The molecule has 6 aliphatic rings. The number of para-hydroxylation sites is 4. The Morgan fingerprint density at radius 2 is 0.792 bits per heavy atom. The molecule has 6 heterocycles. The molecule has 0 amide bonds. The lowest BCUT2D eigenvalue weighted by atomic mass is 10.3. The molecule has 1 spiro atoms. The van der Waals surface area contributed by atoms with Gasteiger partial charge in [-0.2, -0.15) is 13.5 Å². The smallest absolute Gasteiger partial charge is 0.267 e. The zero-order valence-electron chi connectivity index (χ0n) is 27.3. The van der Waals surface area contributed by atoms with Crippen molar-refractivity contribution in [3.63, 3.8) is 0 Å². The Morgan fingerprint density at radius 1 is 0.438 bits per heavy atom. The summed E-state index contributed by atoms with van der Waals surface area (Å²) in [4.78, 5) is 0. The van der Waals surface area contributed by atoms with Gasteiger partial charge in [0.25, 0.3) is 7.51 Å². The number of hydrogen-bond acceptors (Lipinski definition) is 15. The third-order valence-electron chi connectivity index (χ3n) is 9.13. The molecule has 2 N–H and O–H groups in total. The van der Waals surface area contributed by atoms with Gasteiger partial charge in [-0.3, -0.25) is 0 Å². The monoisotopic (exact) mass is 721 g/mol. The van der Waals surface area contributed by atoms with Crippen molar-refractivity contribution in [3.8, 4) is 11.5 Å². The zero-order valence-corrected chi connectivity index (χ0v) is 30.0. The number of rotatable bonds is 4. The van der Waals surface area contributed by atoms with Crippen LogP contribution < -0.4 is 19.6 Å². The van der Waals surface area contributed by atoms with Crippen LogP contribution in [0.5, 0.6) is 11.5 Å². The minimum Gasteiger partial charge on any atom is -0.488 e. The van der Waals surface area contributed by atoms with Crippen LogP contribution in [0.2, 0.25) is 0 Å². The fourth-order valence-corrected chi connectivity index (χ4v) is 21.2. The van der Waals surface area contributed by atoms with Crippen LogP contribution in [0.15, 0.2) is 62.1 Å². The van der Waals surface area contributed by atoms with Crippen molar-refractivity contribution in [1.82, 2.24) is 18.7 Å². The lowest BCUT2D eigenvalue weighted by molar-refractivity contribution is 0.0548. The first kappa shape index (κ1) is 33.2. The van der Waals surface area contributed by atoms with Crippen LogP contribution in [-0.4, -0.2) is 137 Å². The molecular weight excluding hydrogens is 675 g/mol. The highest BCUT2D eigenvalue weighted by molar-refractivity contribution is 7.85. The van der Waals surface area contributed by atoms with E-state index in [-0.39, 0.29) is 0 Å². The summed E-state index contributed by atoms with van der Waals surface area (Å²) in [5.41, 5.74) is 1.69. The lowest BCUT2D eigenvalue weighted by Crippen LogP contribution is -2.45. The van der Waals surface area contributed by atoms with Gasteiger partial charge in [-0.1, -0.05) is 24.3 Å². The molecule has 18 heteroatoms. The van der Waals surface area contributed by atoms with Crippen molar-refractivity contribution >= 4 is 33.9 Å². The molecule has 15 nitrogen and oxygen atoms in total. The number of morpholine rings is 4. The molecule has 2 aromatic carbocycles. The van der Waals surface area contributed by atoms with Gasteiger partial charge in [0.05, 0.1) is 64.2 Å². The Balaban J connectivity index is 1.45. The Kier molecular flexibility index (Phi) is 10.2. The average Bonchev–Trinajstić information content (AvgIpc) is 3.18. The first-order valence-electron chi connectivity index (χ1n) is 16.9. The topological polar surface area (TPSA) is 129 Å². The summed E-state index contributed by atoms with van der Waals surface area (Å²) in [6.07, 6.45) is 0. The van der Waals surface area contributed by atoms with Crippen LogP contribution >= 0.6 is 22.5 Å². The SMILES string of the molecule is c1ccc2c(c1)NP1(=NP(N3CCOCC3)(N3CCOCC3)=NP(N3CCOCC3)(N3CCOCC3)=N1)Nc1ccccc1OCCO2. The maximum absolute atomic E-state index is 6.34. The van der Waals surface area contributed by atoms with Crippen molar-refractivity contribution in [1.29, 1.82) is 0 Å². The van der Waals surface area contributed by atoms with E-state index in [0.29, 0.717) is 66.1 Å². The first-order valence-corrected chi connectivity index (χ1v) is 21.8. The van der Waals surface area contributed by atoms with Gasteiger partial charge >= 0.3 is 0 Å². The highest BCUT2D eigenvalue weighted by Crippen LogP contribution is 2.81. The van der Waals surface area contributed by atoms with Gasteiger partial charge in [-0.15, -0.1) is 0 Å². The van der Waals surface area contributed by atoms with E-state index in [2.05, 4.69) is 41.0 Å². The van der Waals surface area contributed by atoms with E-state index in [1.807, 2.05) is 36.4 Å². The Labute approximate surface area is 282 Å². The summed E-state index contributed by atoms with van der Waals surface area (Å²) < 4.78 is 64.8. The number of benzene rings is 2. The highest BCUT2D eigenvalue weighted by Gasteiger charge is 2.50. The molecule has 48 heavy (non-hydrogen) atoms. The molecule has 262 valence electrons.